The lowest BCUT2D eigenvalue weighted by Gasteiger charge is -2.26. The molecular weight excluding hydrogens is 250 g/mol. The molecule has 4 heteroatoms. The highest BCUT2D eigenvalue weighted by Gasteiger charge is 2.16. The van der Waals surface area contributed by atoms with Crippen molar-refractivity contribution in [2.45, 2.75) is 45.7 Å². The number of rotatable bonds is 4. The molecule has 0 aliphatic carbocycles. The van der Waals surface area contributed by atoms with Gasteiger partial charge in [0.1, 0.15) is 0 Å². The van der Waals surface area contributed by atoms with Crippen LogP contribution in [0.4, 0.5) is 10.5 Å². The van der Waals surface area contributed by atoms with Crippen LogP contribution >= 0.6 is 0 Å². The van der Waals surface area contributed by atoms with Crippen molar-refractivity contribution >= 4 is 11.7 Å². The number of piperidine rings is 1. The summed E-state index contributed by atoms with van der Waals surface area (Å²) in [6.45, 7) is 6.83. The maximum Gasteiger partial charge on any atom is 0.321 e. The molecule has 0 bridgehead atoms. The first-order chi connectivity index (χ1) is 9.65. The van der Waals surface area contributed by atoms with Gasteiger partial charge >= 0.3 is 6.03 Å². The summed E-state index contributed by atoms with van der Waals surface area (Å²) in [5.74, 6) is 0. The Kier molecular flexibility index (Phi) is 5.41. The van der Waals surface area contributed by atoms with E-state index in [2.05, 4.69) is 30.5 Å². The lowest BCUT2D eigenvalue weighted by molar-refractivity contribution is 0.200. The normalized spacial score (nSPS) is 15.4. The molecule has 1 aromatic carbocycles. The first kappa shape index (κ1) is 14.9. The number of likely N-dealkylation sites (tertiary alicyclic amines) is 1. The Balaban J connectivity index is 1.91. The maximum atomic E-state index is 12.1. The Morgan fingerprint density at radius 2 is 2.00 bits per heavy atom. The molecule has 1 saturated heterocycles. The van der Waals surface area contributed by atoms with Crippen LogP contribution in [0.1, 0.15) is 38.7 Å². The molecule has 110 valence electrons. The summed E-state index contributed by atoms with van der Waals surface area (Å²) >= 11 is 0. The summed E-state index contributed by atoms with van der Waals surface area (Å²) in [5, 5.41) is 6.38. The molecule has 1 fully saturated rings. The van der Waals surface area contributed by atoms with Crippen molar-refractivity contribution in [2.24, 2.45) is 0 Å². The fourth-order valence-corrected chi connectivity index (χ4v) is 2.38. The van der Waals surface area contributed by atoms with Gasteiger partial charge in [0.25, 0.3) is 0 Å². The van der Waals surface area contributed by atoms with Crippen LogP contribution in [-0.4, -0.2) is 30.1 Å². The Hall–Kier alpha value is -1.55. The molecule has 2 rings (SSSR count). The number of carbonyl (C=O) groups is 1. The van der Waals surface area contributed by atoms with E-state index in [1.54, 1.807) is 0 Å². The van der Waals surface area contributed by atoms with Gasteiger partial charge in [0.2, 0.25) is 0 Å². The molecule has 0 saturated carbocycles. The van der Waals surface area contributed by atoms with Gasteiger partial charge in [-0.15, -0.1) is 0 Å². The van der Waals surface area contributed by atoms with Gasteiger partial charge in [-0.3, -0.25) is 0 Å². The topological polar surface area (TPSA) is 44.4 Å². The minimum atomic E-state index is 0.0265. The van der Waals surface area contributed by atoms with Crippen LogP contribution in [0.2, 0.25) is 0 Å². The number of benzene rings is 1. The lowest BCUT2D eigenvalue weighted by Crippen LogP contribution is -2.38. The Morgan fingerprint density at radius 3 is 2.70 bits per heavy atom. The zero-order chi connectivity index (χ0) is 14.4. The smallest absolute Gasteiger partial charge is 0.321 e. The predicted molar refractivity (Wildman–Crippen MR) is 82.9 cm³/mol. The third kappa shape index (κ3) is 4.53. The van der Waals surface area contributed by atoms with E-state index in [4.69, 9.17) is 0 Å². The average molecular weight is 275 g/mol. The monoisotopic (exact) mass is 275 g/mol. The molecule has 0 atom stereocenters. The van der Waals surface area contributed by atoms with Crippen LogP contribution in [0.3, 0.4) is 0 Å². The van der Waals surface area contributed by atoms with E-state index in [0.717, 1.165) is 38.2 Å². The van der Waals surface area contributed by atoms with E-state index in [1.807, 2.05) is 23.1 Å². The number of hydrogen-bond donors (Lipinski definition) is 2. The van der Waals surface area contributed by atoms with Crippen molar-refractivity contribution in [3.05, 3.63) is 29.8 Å². The van der Waals surface area contributed by atoms with Gasteiger partial charge in [-0.05, 0) is 37.0 Å². The second-order valence-corrected chi connectivity index (χ2v) is 5.71. The summed E-state index contributed by atoms with van der Waals surface area (Å²) in [5.41, 5.74) is 2.07. The van der Waals surface area contributed by atoms with Crippen molar-refractivity contribution in [3.63, 3.8) is 0 Å². The quantitative estimate of drug-likeness (QED) is 0.886. The molecule has 0 unspecified atom stereocenters. The highest BCUT2D eigenvalue weighted by molar-refractivity contribution is 5.89. The number of carbonyl (C=O) groups excluding carboxylic acids is 1. The third-order valence-electron chi connectivity index (χ3n) is 3.54. The van der Waals surface area contributed by atoms with Gasteiger partial charge in [0.15, 0.2) is 0 Å². The molecule has 2 N–H and O–H groups in total. The van der Waals surface area contributed by atoms with E-state index in [0.29, 0.717) is 6.04 Å². The number of amides is 2. The van der Waals surface area contributed by atoms with Crippen LogP contribution in [0, 0.1) is 0 Å². The van der Waals surface area contributed by atoms with Crippen LogP contribution in [0.15, 0.2) is 24.3 Å². The number of nitrogens with zero attached hydrogens (tertiary/aromatic N) is 1. The third-order valence-corrected chi connectivity index (χ3v) is 3.54. The van der Waals surface area contributed by atoms with Crippen molar-refractivity contribution in [2.75, 3.05) is 18.4 Å². The molecule has 1 heterocycles. The maximum absolute atomic E-state index is 12.1. The van der Waals surface area contributed by atoms with E-state index in [1.165, 1.54) is 12.0 Å². The number of hydrogen-bond acceptors (Lipinski definition) is 2. The standard InChI is InChI=1S/C16H25N3O/c1-13(2)17-12-14-7-6-8-15(11-14)18-16(20)19-9-4-3-5-10-19/h6-8,11,13,17H,3-5,9-10,12H2,1-2H3,(H,18,20). The Bertz CT molecular complexity index is 439. The zero-order valence-electron chi connectivity index (χ0n) is 12.5. The molecule has 0 spiro atoms. The van der Waals surface area contributed by atoms with Crippen molar-refractivity contribution < 1.29 is 4.79 Å². The largest absolute Gasteiger partial charge is 0.325 e. The van der Waals surface area contributed by atoms with Gasteiger partial charge in [0.05, 0.1) is 0 Å². The van der Waals surface area contributed by atoms with Gasteiger partial charge in [-0.1, -0.05) is 26.0 Å². The van der Waals surface area contributed by atoms with Gasteiger partial charge < -0.3 is 15.5 Å². The molecule has 1 aromatic rings. The fraction of sp³-hybridized carbons (Fsp3) is 0.562. The Labute approximate surface area is 121 Å². The molecule has 0 radical (unpaired) electrons. The van der Waals surface area contributed by atoms with Crippen molar-refractivity contribution in [1.29, 1.82) is 0 Å². The predicted octanol–water partition coefficient (Wildman–Crippen LogP) is 3.20. The van der Waals surface area contributed by atoms with Gasteiger partial charge in [0, 0.05) is 31.4 Å². The molecule has 20 heavy (non-hydrogen) atoms. The fourth-order valence-electron chi connectivity index (χ4n) is 2.38. The van der Waals surface area contributed by atoms with E-state index < -0.39 is 0 Å². The number of anilines is 1. The van der Waals surface area contributed by atoms with Crippen LogP contribution in [0.5, 0.6) is 0 Å². The van der Waals surface area contributed by atoms with E-state index >= 15 is 0 Å². The van der Waals surface area contributed by atoms with Crippen LogP contribution in [0.25, 0.3) is 0 Å². The first-order valence-electron chi connectivity index (χ1n) is 7.53. The van der Waals surface area contributed by atoms with E-state index in [-0.39, 0.29) is 6.03 Å². The minimum Gasteiger partial charge on any atom is -0.325 e. The minimum absolute atomic E-state index is 0.0265. The lowest BCUT2D eigenvalue weighted by atomic mass is 10.1. The summed E-state index contributed by atoms with van der Waals surface area (Å²) in [6.07, 6.45) is 3.47. The highest BCUT2D eigenvalue weighted by Crippen LogP contribution is 2.14. The average Bonchev–Trinajstić information content (AvgIpc) is 2.46. The van der Waals surface area contributed by atoms with Crippen molar-refractivity contribution in [3.8, 4) is 0 Å². The number of nitrogens with one attached hydrogen (secondary N) is 2. The van der Waals surface area contributed by atoms with Gasteiger partial charge in [-0.25, -0.2) is 4.79 Å². The van der Waals surface area contributed by atoms with Crippen LogP contribution < -0.4 is 10.6 Å². The second kappa shape index (κ2) is 7.29. The van der Waals surface area contributed by atoms with Crippen LogP contribution in [-0.2, 0) is 6.54 Å². The highest BCUT2D eigenvalue weighted by atomic mass is 16.2. The van der Waals surface area contributed by atoms with Gasteiger partial charge in [-0.2, -0.15) is 0 Å². The Morgan fingerprint density at radius 1 is 1.25 bits per heavy atom. The molecular formula is C16H25N3O. The summed E-state index contributed by atoms with van der Waals surface area (Å²) in [4.78, 5) is 14.0. The summed E-state index contributed by atoms with van der Waals surface area (Å²) < 4.78 is 0. The first-order valence-corrected chi connectivity index (χ1v) is 7.53. The molecule has 0 aromatic heterocycles. The number of urea groups is 1. The molecule has 1 aliphatic heterocycles. The molecule has 2 amide bonds. The summed E-state index contributed by atoms with van der Waals surface area (Å²) in [7, 11) is 0. The zero-order valence-corrected chi connectivity index (χ0v) is 12.5. The SMILES string of the molecule is CC(C)NCc1cccc(NC(=O)N2CCCCC2)c1. The van der Waals surface area contributed by atoms with E-state index in [9.17, 15) is 4.79 Å². The second-order valence-electron chi connectivity index (χ2n) is 5.71. The molecule has 4 nitrogen and oxygen atoms in total. The summed E-state index contributed by atoms with van der Waals surface area (Å²) in [6, 6.07) is 8.54. The molecule has 1 aliphatic rings. The van der Waals surface area contributed by atoms with Crippen molar-refractivity contribution in [1.82, 2.24) is 10.2 Å².